The lowest BCUT2D eigenvalue weighted by Gasteiger charge is -2.39. The Morgan fingerprint density at radius 3 is 2.52 bits per heavy atom. The van der Waals surface area contributed by atoms with Crippen molar-refractivity contribution in [2.45, 2.75) is 83.0 Å². The summed E-state index contributed by atoms with van der Waals surface area (Å²) in [5, 5.41) is 13.1. The molecule has 1 aromatic carbocycles. The molecule has 31 heavy (non-hydrogen) atoms. The van der Waals surface area contributed by atoms with Crippen molar-refractivity contribution in [1.82, 2.24) is 14.8 Å². The summed E-state index contributed by atoms with van der Waals surface area (Å²) in [6, 6.07) is 10.6. The van der Waals surface area contributed by atoms with Gasteiger partial charge >= 0.3 is 0 Å². The molecule has 1 aromatic heterocycles. The van der Waals surface area contributed by atoms with Gasteiger partial charge < -0.3 is 15.0 Å². The van der Waals surface area contributed by atoms with Crippen LogP contribution >= 0.6 is 0 Å². The van der Waals surface area contributed by atoms with E-state index in [4.69, 9.17) is 5.11 Å². The number of rotatable bonds is 8. The topological polar surface area (TPSA) is 74.6 Å². The molecule has 1 unspecified atom stereocenters. The van der Waals surface area contributed by atoms with Crippen LogP contribution in [0.2, 0.25) is 0 Å². The van der Waals surface area contributed by atoms with Crippen molar-refractivity contribution in [2.24, 2.45) is 0 Å². The van der Waals surface area contributed by atoms with Crippen molar-refractivity contribution < 1.29 is 9.90 Å². The Morgan fingerprint density at radius 2 is 1.84 bits per heavy atom. The molecule has 2 fully saturated rings. The van der Waals surface area contributed by atoms with Gasteiger partial charge in [0.05, 0.1) is 5.52 Å². The fourth-order valence-corrected chi connectivity index (χ4v) is 5.56. The number of unbranched alkanes of at least 4 members (excludes halogenated alkanes) is 2. The van der Waals surface area contributed by atoms with E-state index in [0.717, 1.165) is 49.6 Å². The lowest BCUT2D eigenvalue weighted by molar-refractivity contribution is 0.0839. The smallest absolute Gasteiger partial charge is 0.264 e. The zero-order chi connectivity index (χ0) is 22.0. The number of hydrogen-bond acceptors (Lipinski definition) is 4. The zero-order valence-corrected chi connectivity index (χ0v) is 18.7. The largest absolute Gasteiger partial charge is 0.396 e. The van der Waals surface area contributed by atoms with Gasteiger partial charge in [-0.3, -0.25) is 14.5 Å². The number of aromatic nitrogens is 1. The molecule has 1 amide bonds. The van der Waals surface area contributed by atoms with Gasteiger partial charge in [-0.25, -0.2) is 0 Å². The Hall–Kier alpha value is -2.18. The van der Waals surface area contributed by atoms with Crippen molar-refractivity contribution in [3.05, 3.63) is 46.2 Å². The van der Waals surface area contributed by atoms with Crippen LogP contribution in [0.5, 0.6) is 0 Å². The first-order chi connectivity index (χ1) is 15.0. The Labute approximate surface area is 184 Å². The highest BCUT2D eigenvalue weighted by Crippen LogP contribution is 2.36. The second kappa shape index (κ2) is 9.53. The van der Waals surface area contributed by atoms with Crippen LogP contribution in [0.3, 0.4) is 0 Å². The van der Waals surface area contributed by atoms with Crippen LogP contribution in [0, 0.1) is 0 Å². The van der Waals surface area contributed by atoms with E-state index in [-0.39, 0.29) is 35.7 Å². The molecule has 2 aliphatic rings. The first-order valence-electron chi connectivity index (χ1n) is 11.8. The van der Waals surface area contributed by atoms with Crippen molar-refractivity contribution in [3.8, 4) is 0 Å². The molecule has 2 saturated heterocycles. The summed E-state index contributed by atoms with van der Waals surface area (Å²) >= 11 is 0. The molecule has 0 aliphatic carbocycles. The number of amides is 1. The minimum Gasteiger partial charge on any atom is -0.396 e. The van der Waals surface area contributed by atoms with Crippen molar-refractivity contribution in [2.75, 3.05) is 13.2 Å². The molecular weight excluding hydrogens is 390 g/mol. The second-order valence-corrected chi connectivity index (χ2v) is 9.43. The van der Waals surface area contributed by atoms with Gasteiger partial charge in [-0.2, -0.15) is 0 Å². The Kier molecular flexibility index (Phi) is 6.77. The monoisotopic (exact) mass is 425 g/mol. The number of carbonyl (C=O) groups is 1. The van der Waals surface area contributed by atoms with E-state index in [1.807, 2.05) is 38.1 Å². The SMILES string of the molecule is CC(C)n1c(=O)c(C(=O)NC2C[C@H]3CC[C@@H](C2)N3CCCCCO)cc2ccccc21. The highest BCUT2D eigenvalue weighted by Gasteiger charge is 2.40. The second-order valence-electron chi connectivity index (χ2n) is 9.43. The maximum Gasteiger partial charge on any atom is 0.264 e. The average Bonchev–Trinajstić information content (AvgIpc) is 2.98. The quantitative estimate of drug-likeness (QED) is 0.635. The third-order valence-electron chi connectivity index (χ3n) is 7.00. The number of aliphatic hydroxyl groups is 1. The van der Waals surface area contributed by atoms with Crippen LogP contribution in [0.15, 0.2) is 35.1 Å². The summed E-state index contributed by atoms with van der Waals surface area (Å²) in [4.78, 5) is 28.9. The Balaban J connectivity index is 1.47. The number of para-hydroxylation sites is 1. The van der Waals surface area contributed by atoms with Gasteiger partial charge in [0, 0.05) is 30.8 Å². The van der Waals surface area contributed by atoms with E-state index in [1.54, 1.807) is 10.6 Å². The molecule has 6 nitrogen and oxygen atoms in total. The van der Waals surface area contributed by atoms with Crippen molar-refractivity contribution in [3.63, 3.8) is 0 Å². The number of benzene rings is 1. The fourth-order valence-electron chi connectivity index (χ4n) is 5.56. The van der Waals surface area contributed by atoms with Gasteiger partial charge in [-0.15, -0.1) is 0 Å². The number of aliphatic hydroxyl groups excluding tert-OH is 1. The summed E-state index contributed by atoms with van der Waals surface area (Å²) in [5.74, 6) is -0.244. The number of nitrogens with zero attached hydrogens (tertiary/aromatic N) is 2. The number of hydrogen-bond donors (Lipinski definition) is 2. The molecule has 2 aliphatic heterocycles. The summed E-state index contributed by atoms with van der Waals surface area (Å²) in [6.07, 6.45) is 7.34. The van der Waals surface area contributed by atoms with Crippen LogP contribution < -0.4 is 10.9 Å². The summed E-state index contributed by atoms with van der Waals surface area (Å²) in [6.45, 7) is 5.31. The minimum atomic E-state index is -0.244. The first kappa shape index (κ1) is 22.0. The molecule has 6 heteroatoms. The van der Waals surface area contributed by atoms with Gasteiger partial charge in [0.2, 0.25) is 0 Å². The summed E-state index contributed by atoms with van der Waals surface area (Å²) in [5.41, 5.74) is 0.897. The molecule has 168 valence electrons. The number of fused-ring (bicyclic) bond motifs is 3. The number of carbonyl (C=O) groups excluding carboxylic acids is 1. The lowest BCUT2D eigenvalue weighted by Crippen LogP contribution is -2.51. The maximum atomic E-state index is 13.1. The Morgan fingerprint density at radius 1 is 1.13 bits per heavy atom. The highest BCUT2D eigenvalue weighted by atomic mass is 16.3. The predicted molar refractivity (Wildman–Crippen MR) is 124 cm³/mol. The van der Waals surface area contributed by atoms with E-state index in [1.165, 1.54) is 12.8 Å². The van der Waals surface area contributed by atoms with Gasteiger partial charge in [0.15, 0.2) is 0 Å². The van der Waals surface area contributed by atoms with E-state index in [2.05, 4.69) is 10.2 Å². The van der Waals surface area contributed by atoms with Gasteiger partial charge in [0.25, 0.3) is 11.5 Å². The molecule has 0 spiro atoms. The molecule has 2 N–H and O–H groups in total. The maximum absolute atomic E-state index is 13.1. The zero-order valence-electron chi connectivity index (χ0n) is 18.7. The fraction of sp³-hybridized carbons (Fsp3) is 0.600. The normalized spacial score (nSPS) is 23.5. The summed E-state index contributed by atoms with van der Waals surface area (Å²) < 4.78 is 1.73. The molecule has 0 radical (unpaired) electrons. The van der Waals surface area contributed by atoms with Crippen LogP contribution in [0.4, 0.5) is 0 Å². The lowest BCUT2D eigenvalue weighted by atomic mass is 9.96. The van der Waals surface area contributed by atoms with Crippen molar-refractivity contribution >= 4 is 16.8 Å². The first-order valence-corrected chi connectivity index (χ1v) is 11.8. The van der Waals surface area contributed by atoms with E-state index in [0.29, 0.717) is 12.1 Å². The molecule has 3 heterocycles. The van der Waals surface area contributed by atoms with Gasteiger partial charge in [-0.05, 0) is 82.9 Å². The van der Waals surface area contributed by atoms with E-state index >= 15 is 0 Å². The number of pyridine rings is 1. The van der Waals surface area contributed by atoms with Crippen LogP contribution in [0.1, 0.15) is 75.2 Å². The standard InChI is InChI=1S/C25H35N3O3/c1-17(2)28-23-9-5-4-8-18(23)14-22(25(28)31)24(30)26-19-15-20-10-11-21(16-19)27(20)12-6-3-7-13-29/h4-5,8-9,14,17,19-21,29H,3,6-7,10-13,15-16H2,1-2H3,(H,26,30)/t19?,20-,21+. The molecule has 0 saturated carbocycles. The van der Waals surface area contributed by atoms with Gasteiger partial charge in [-0.1, -0.05) is 18.2 Å². The summed E-state index contributed by atoms with van der Waals surface area (Å²) in [7, 11) is 0. The number of nitrogens with one attached hydrogen (secondary N) is 1. The minimum absolute atomic E-state index is 0.0185. The molecule has 4 rings (SSSR count). The Bertz CT molecular complexity index is 970. The molecular formula is C25H35N3O3. The number of piperidine rings is 1. The molecule has 2 bridgehead atoms. The third kappa shape index (κ3) is 4.55. The average molecular weight is 426 g/mol. The van der Waals surface area contributed by atoms with Crippen LogP contribution in [-0.4, -0.2) is 51.8 Å². The van der Waals surface area contributed by atoms with Crippen LogP contribution in [-0.2, 0) is 0 Å². The van der Waals surface area contributed by atoms with Gasteiger partial charge in [0.1, 0.15) is 5.56 Å². The molecule has 2 aromatic rings. The highest BCUT2D eigenvalue weighted by molar-refractivity contribution is 5.97. The predicted octanol–water partition coefficient (Wildman–Crippen LogP) is 3.47. The molecule has 3 atom stereocenters. The third-order valence-corrected chi connectivity index (χ3v) is 7.00. The van der Waals surface area contributed by atoms with Crippen molar-refractivity contribution in [1.29, 1.82) is 0 Å². The van der Waals surface area contributed by atoms with E-state index < -0.39 is 0 Å². The van der Waals surface area contributed by atoms with E-state index in [9.17, 15) is 9.59 Å². The van der Waals surface area contributed by atoms with Crippen LogP contribution in [0.25, 0.3) is 10.9 Å².